The Morgan fingerprint density at radius 1 is 1.47 bits per heavy atom. The number of aliphatic hydroxyl groups excluding tert-OH is 1. The second kappa shape index (κ2) is 4.49. The van der Waals surface area contributed by atoms with E-state index in [1.54, 1.807) is 6.07 Å². The molecule has 0 fully saturated rings. The van der Waals surface area contributed by atoms with Gasteiger partial charge in [0.2, 0.25) is 0 Å². The molecular formula is C12H14F2O3. The van der Waals surface area contributed by atoms with Crippen LogP contribution in [0, 0.1) is 0 Å². The SMILES string of the molecule is COc1cc2c(cc1C(O)C(F)F)OC(C)C2. The van der Waals surface area contributed by atoms with Gasteiger partial charge in [0.25, 0.3) is 6.43 Å². The summed E-state index contributed by atoms with van der Waals surface area (Å²) in [7, 11) is 1.39. The van der Waals surface area contributed by atoms with Crippen molar-refractivity contribution < 1.29 is 23.4 Å². The van der Waals surface area contributed by atoms with Crippen molar-refractivity contribution in [1.82, 2.24) is 0 Å². The lowest BCUT2D eigenvalue weighted by atomic mass is 10.0. The molecule has 2 rings (SSSR count). The normalized spacial score (nSPS) is 20.0. The van der Waals surface area contributed by atoms with E-state index in [4.69, 9.17) is 9.47 Å². The molecule has 1 aliphatic heterocycles. The topological polar surface area (TPSA) is 38.7 Å². The summed E-state index contributed by atoms with van der Waals surface area (Å²) in [6.07, 6.45) is -3.96. The summed E-state index contributed by atoms with van der Waals surface area (Å²) in [6.45, 7) is 1.90. The third-order valence-corrected chi connectivity index (χ3v) is 2.81. The maximum Gasteiger partial charge on any atom is 0.268 e. The van der Waals surface area contributed by atoms with Crippen LogP contribution in [0.3, 0.4) is 0 Å². The fourth-order valence-corrected chi connectivity index (χ4v) is 2.00. The molecular weight excluding hydrogens is 230 g/mol. The Balaban J connectivity index is 2.42. The summed E-state index contributed by atoms with van der Waals surface area (Å²) >= 11 is 0. The van der Waals surface area contributed by atoms with E-state index in [1.165, 1.54) is 13.2 Å². The summed E-state index contributed by atoms with van der Waals surface area (Å²) < 4.78 is 35.5. The minimum atomic E-state index is -2.85. The van der Waals surface area contributed by atoms with Crippen LogP contribution in [0.15, 0.2) is 12.1 Å². The number of hydrogen-bond acceptors (Lipinski definition) is 3. The second-order valence-electron chi connectivity index (χ2n) is 4.11. The molecule has 2 unspecified atom stereocenters. The van der Waals surface area contributed by atoms with E-state index in [-0.39, 0.29) is 17.4 Å². The molecule has 1 N–H and O–H groups in total. The number of rotatable bonds is 3. The van der Waals surface area contributed by atoms with Crippen LogP contribution < -0.4 is 9.47 Å². The van der Waals surface area contributed by atoms with E-state index >= 15 is 0 Å². The smallest absolute Gasteiger partial charge is 0.268 e. The summed E-state index contributed by atoms with van der Waals surface area (Å²) in [4.78, 5) is 0. The molecule has 5 heteroatoms. The molecule has 1 aromatic carbocycles. The monoisotopic (exact) mass is 244 g/mol. The van der Waals surface area contributed by atoms with Gasteiger partial charge >= 0.3 is 0 Å². The number of methoxy groups -OCH3 is 1. The fraction of sp³-hybridized carbons (Fsp3) is 0.500. The first kappa shape index (κ1) is 12.1. The van der Waals surface area contributed by atoms with Gasteiger partial charge in [-0.15, -0.1) is 0 Å². The number of ether oxygens (including phenoxy) is 2. The third-order valence-electron chi connectivity index (χ3n) is 2.81. The molecule has 0 radical (unpaired) electrons. The van der Waals surface area contributed by atoms with Gasteiger partial charge in [0.15, 0.2) is 0 Å². The highest BCUT2D eigenvalue weighted by molar-refractivity contribution is 5.49. The van der Waals surface area contributed by atoms with Crippen LogP contribution in [0.2, 0.25) is 0 Å². The largest absolute Gasteiger partial charge is 0.496 e. The van der Waals surface area contributed by atoms with Gasteiger partial charge in [-0.2, -0.15) is 0 Å². The number of halogens is 2. The number of benzene rings is 1. The van der Waals surface area contributed by atoms with Gasteiger partial charge in [-0.05, 0) is 19.1 Å². The van der Waals surface area contributed by atoms with Crippen molar-refractivity contribution in [3.8, 4) is 11.5 Å². The lowest BCUT2D eigenvalue weighted by Crippen LogP contribution is -2.10. The van der Waals surface area contributed by atoms with E-state index in [2.05, 4.69) is 0 Å². The van der Waals surface area contributed by atoms with E-state index in [0.29, 0.717) is 5.75 Å². The molecule has 3 nitrogen and oxygen atoms in total. The Labute approximate surface area is 98.0 Å². The fourth-order valence-electron chi connectivity index (χ4n) is 2.00. The molecule has 0 aromatic heterocycles. The molecule has 1 aliphatic rings. The molecule has 0 saturated carbocycles. The molecule has 0 saturated heterocycles. The molecule has 1 heterocycles. The van der Waals surface area contributed by atoms with E-state index < -0.39 is 12.5 Å². The zero-order chi connectivity index (χ0) is 12.6. The average molecular weight is 244 g/mol. The molecule has 1 aromatic rings. The van der Waals surface area contributed by atoms with Gasteiger partial charge in [0.05, 0.1) is 7.11 Å². The minimum absolute atomic E-state index is 0.0219. The predicted octanol–water partition coefficient (Wildman–Crippen LogP) is 2.32. The Hall–Kier alpha value is -1.36. The van der Waals surface area contributed by atoms with Crippen LogP contribution in [0.25, 0.3) is 0 Å². The Morgan fingerprint density at radius 3 is 2.76 bits per heavy atom. The van der Waals surface area contributed by atoms with Crippen molar-refractivity contribution in [3.05, 3.63) is 23.3 Å². The number of alkyl halides is 2. The van der Waals surface area contributed by atoms with Crippen molar-refractivity contribution in [2.24, 2.45) is 0 Å². The highest BCUT2D eigenvalue weighted by Crippen LogP contribution is 2.38. The summed E-state index contributed by atoms with van der Waals surface area (Å²) in [5, 5.41) is 9.42. The van der Waals surface area contributed by atoms with Gasteiger partial charge in [0.1, 0.15) is 23.7 Å². The zero-order valence-electron chi connectivity index (χ0n) is 9.61. The Bertz CT molecular complexity index is 420. The van der Waals surface area contributed by atoms with Gasteiger partial charge in [0, 0.05) is 17.5 Å². The standard InChI is InChI=1S/C12H14F2O3/c1-6-3-7-4-10(16-2)8(5-9(7)17-6)11(15)12(13)14/h4-6,11-12,15H,3H2,1-2H3. The lowest BCUT2D eigenvalue weighted by molar-refractivity contribution is -0.00709. The lowest BCUT2D eigenvalue weighted by Gasteiger charge is -2.15. The van der Waals surface area contributed by atoms with Crippen molar-refractivity contribution >= 4 is 0 Å². The predicted molar refractivity (Wildman–Crippen MR) is 57.8 cm³/mol. The first-order valence-electron chi connectivity index (χ1n) is 5.36. The van der Waals surface area contributed by atoms with Crippen molar-refractivity contribution in [2.75, 3.05) is 7.11 Å². The Morgan fingerprint density at radius 2 is 2.18 bits per heavy atom. The molecule has 0 amide bonds. The quantitative estimate of drug-likeness (QED) is 0.886. The van der Waals surface area contributed by atoms with Crippen LogP contribution >= 0.6 is 0 Å². The highest BCUT2D eigenvalue weighted by atomic mass is 19.3. The first-order chi connectivity index (χ1) is 8.02. The maximum atomic E-state index is 12.5. The molecule has 94 valence electrons. The van der Waals surface area contributed by atoms with E-state index in [0.717, 1.165) is 12.0 Å². The summed E-state index contributed by atoms with van der Waals surface area (Å²) in [5.74, 6) is 0.822. The Kier molecular flexibility index (Phi) is 3.19. The van der Waals surface area contributed by atoms with E-state index in [1.807, 2.05) is 6.92 Å². The highest BCUT2D eigenvalue weighted by Gasteiger charge is 2.27. The van der Waals surface area contributed by atoms with Gasteiger partial charge in [-0.1, -0.05) is 0 Å². The van der Waals surface area contributed by atoms with Crippen LogP contribution in [0.1, 0.15) is 24.2 Å². The van der Waals surface area contributed by atoms with Crippen LogP contribution in [-0.2, 0) is 6.42 Å². The number of hydrogen-bond donors (Lipinski definition) is 1. The first-order valence-corrected chi connectivity index (χ1v) is 5.36. The molecule has 0 bridgehead atoms. The number of fused-ring (bicyclic) bond motifs is 1. The summed E-state index contributed by atoms with van der Waals surface area (Å²) in [6, 6.07) is 3.09. The maximum absolute atomic E-state index is 12.5. The molecule has 0 aliphatic carbocycles. The number of aliphatic hydroxyl groups is 1. The second-order valence-corrected chi connectivity index (χ2v) is 4.11. The van der Waals surface area contributed by atoms with Crippen molar-refractivity contribution in [3.63, 3.8) is 0 Å². The molecule has 2 atom stereocenters. The van der Waals surface area contributed by atoms with Gasteiger partial charge < -0.3 is 14.6 Å². The molecule has 17 heavy (non-hydrogen) atoms. The summed E-state index contributed by atoms with van der Waals surface area (Å²) in [5.41, 5.74) is 0.981. The zero-order valence-corrected chi connectivity index (χ0v) is 9.61. The van der Waals surface area contributed by atoms with Crippen LogP contribution in [-0.4, -0.2) is 24.7 Å². The van der Waals surface area contributed by atoms with Crippen molar-refractivity contribution in [1.29, 1.82) is 0 Å². The minimum Gasteiger partial charge on any atom is -0.496 e. The third kappa shape index (κ3) is 2.20. The van der Waals surface area contributed by atoms with Crippen LogP contribution in [0.5, 0.6) is 11.5 Å². The van der Waals surface area contributed by atoms with E-state index in [9.17, 15) is 13.9 Å². The van der Waals surface area contributed by atoms with Crippen LogP contribution in [0.4, 0.5) is 8.78 Å². The molecule has 0 spiro atoms. The average Bonchev–Trinajstić information content (AvgIpc) is 2.65. The van der Waals surface area contributed by atoms with Crippen molar-refractivity contribution in [2.45, 2.75) is 32.0 Å². The van der Waals surface area contributed by atoms with Gasteiger partial charge in [-0.25, -0.2) is 8.78 Å². The van der Waals surface area contributed by atoms with Gasteiger partial charge in [-0.3, -0.25) is 0 Å².